The van der Waals surface area contributed by atoms with E-state index in [-0.39, 0.29) is 4.90 Å². The number of amides is 2. The topological polar surface area (TPSA) is 37.4 Å². The molecular formula is C20H11F10NO2. The van der Waals surface area contributed by atoms with Gasteiger partial charge in [0.1, 0.15) is 5.69 Å². The predicted molar refractivity (Wildman–Crippen MR) is 90.6 cm³/mol. The molecule has 0 saturated carbocycles. The van der Waals surface area contributed by atoms with Crippen LogP contribution in [0.4, 0.5) is 49.6 Å². The van der Waals surface area contributed by atoms with E-state index in [0.717, 1.165) is 13.8 Å². The van der Waals surface area contributed by atoms with Gasteiger partial charge in [0.2, 0.25) is 23.4 Å². The van der Waals surface area contributed by atoms with Crippen LogP contribution in [0.1, 0.15) is 31.7 Å². The first-order valence-corrected chi connectivity index (χ1v) is 9.14. The van der Waals surface area contributed by atoms with Crippen LogP contribution in [0.25, 0.3) is 0 Å². The number of halogens is 10. The normalized spacial score (nSPS) is 19.6. The highest BCUT2D eigenvalue weighted by Gasteiger charge is 2.49. The second kappa shape index (κ2) is 8.34. The summed E-state index contributed by atoms with van der Waals surface area (Å²) in [5.74, 6) is -31.2. The van der Waals surface area contributed by atoms with Crippen molar-refractivity contribution < 1.29 is 53.5 Å². The Bertz CT molecular complexity index is 1140. The summed E-state index contributed by atoms with van der Waals surface area (Å²) >= 11 is 0. The number of anilines is 1. The van der Waals surface area contributed by atoms with Crippen LogP contribution < -0.4 is 4.90 Å². The minimum atomic E-state index is -2.53. The zero-order valence-corrected chi connectivity index (χ0v) is 16.5. The number of carbonyl (C=O) groups excluding carboxylic acids is 2. The highest BCUT2D eigenvalue weighted by Crippen LogP contribution is 2.41. The zero-order valence-electron chi connectivity index (χ0n) is 16.5. The van der Waals surface area contributed by atoms with Crippen LogP contribution in [0, 0.1) is 70.0 Å². The second-order valence-electron chi connectivity index (χ2n) is 7.45. The van der Waals surface area contributed by atoms with E-state index in [0.29, 0.717) is 0 Å². The Morgan fingerprint density at radius 1 is 0.636 bits per heavy atom. The Hall–Kier alpha value is -3.12. The number of hydrogen-bond acceptors (Lipinski definition) is 2. The van der Waals surface area contributed by atoms with E-state index >= 15 is 0 Å². The fourth-order valence-electron chi connectivity index (χ4n) is 3.73. The molecule has 0 spiro atoms. The van der Waals surface area contributed by atoms with E-state index in [1.54, 1.807) is 0 Å². The lowest BCUT2D eigenvalue weighted by Gasteiger charge is -2.20. The standard InChI is InChI=1S/C20H11F10NO2/c1-4(7-8(21)10(23)12(25)11(24)9(7)22)3-6-5(2)19(32)31(20(6)33)18-16(29)14(27)13(26)15(28)17(18)30/h4-6H,3H2,1-2H3/t4?,5-,6?/m0/s1. The van der Waals surface area contributed by atoms with Crippen molar-refractivity contribution in [2.24, 2.45) is 11.8 Å². The Morgan fingerprint density at radius 2 is 1.00 bits per heavy atom. The van der Waals surface area contributed by atoms with Gasteiger partial charge in [-0.1, -0.05) is 13.8 Å². The van der Waals surface area contributed by atoms with Crippen molar-refractivity contribution in [2.45, 2.75) is 26.2 Å². The van der Waals surface area contributed by atoms with Gasteiger partial charge < -0.3 is 0 Å². The van der Waals surface area contributed by atoms with Crippen molar-refractivity contribution in [3.05, 3.63) is 63.7 Å². The van der Waals surface area contributed by atoms with Crippen molar-refractivity contribution in [2.75, 3.05) is 4.90 Å². The van der Waals surface area contributed by atoms with Crippen molar-refractivity contribution in [1.82, 2.24) is 0 Å². The van der Waals surface area contributed by atoms with E-state index in [1.165, 1.54) is 0 Å². The lowest BCUT2D eigenvalue weighted by molar-refractivity contribution is -0.122. The average Bonchev–Trinajstić information content (AvgIpc) is 2.97. The van der Waals surface area contributed by atoms with E-state index in [9.17, 15) is 53.5 Å². The third-order valence-electron chi connectivity index (χ3n) is 5.51. The maximum Gasteiger partial charge on any atom is 0.237 e. The first-order valence-electron chi connectivity index (χ1n) is 9.14. The Labute approximate surface area is 178 Å². The highest BCUT2D eigenvalue weighted by atomic mass is 19.2. The Kier molecular flexibility index (Phi) is 6.20. The van der Waals surface area contributed by atoms with Gasteiger partial charge in [-0.15, -0.1) is 0 Å². The number of rotatable bonds is 4. The van der Waals surface area contributed by atoms with Crippen LogP contribution in [0.2, 0.25) is 0 Å². The summed E-state index contributed by atoms with van der Waals surface area (Å²) in [4.78, 5) is 24.9. The molecule has 0 radical (unpaired) electrons. The predicted octanol–water partition coefficient (Wildman–Crippen LogP) is 5.40. The SMILES string of the molecule is CC(CC1C(=O)N(c2c(F)c(F)c(F)c(F)c2F)C(=O)[C@H]1C)c1c(F)c(F)c(F)c(F)c1F. The summed E-state index contributed by atoms with van der Waals surface area (Å²) in [5.41, 5.74) is -3.13. The highest BCUT2D eigenvalue weighted by molar-refractivity contribution is 6.22. The molecule has 2 unspecified atom stereocenters. The molecule has 178 valence electrons. The summed E-state index contributed by atoms with van der Waals surface area (Å²) in [6.45, 7) is 1.99. The first-order chi connectivity index (χ1) is 15.2. The maximum atomic E-state index is 14.1. The lowest BCUT2D eigenvalue weighted by atomic mass is 9.84. The number of carbonyl (C=O) groups is 2. The molecule has 33 heavy (non-hydrogen) atoms. The summed E-state index contributed by atoms with van der Waals surface area (Å²) in [5, 5.41) is 0. The van der Waals surface area contributed by atoms with Gasteiger partial charge in [0, 0.05) is 11.5 Å². The Balaban J connectivity index is 2.03. The summed E-state index contributed by atoms with van der Waals surface area (Å²) in [7, 11) is 0. The third kappa shape index (κ3) is 3.53. The molecule has 1 heterocycles. The van der Waals surface area contributed by atoms with Crippen LogP contribution in [0.3, 0.4) is 0 Å². The van der Waals surface area contributed by atoms with E-state index in [2.05, 4.69) is 0 Å². The average molecular weight is 487 g/mol. The van der Waals surface area contributed by atoms with Crippen LogP contribution in [0.5, 0.6) is 0 Å². The molecule has 1 fully saturated rings. The third-order valence-corrected chi connectivity index (χ3v) is 5.51. The molecule has 3 atom stereocenters. The van der Waals surface area contributed by atoms with Gasteiger partial charge in [0.25, 0.3) is 0 Å². The molecule has 3 nitrogen and oxygen atoms in total. The summed E-state index contributed by atoms with van der Waals surface area (Å²) < 4.78 is 137. The molecule has 2 aromatic rings. The monoisotopic (exact) mass is 487 g/mol. The van der Waals surface area contributed by atoms with Crippen LogP contribution >= 0.6 is 0 Å². The number of imide groups is 1. The molecular weight excluding hydrogens is 476 g/mol. The first kappa shape index (κ1) is 24.5. The van der Waals surface area contributed by atoms with Crippen molar-refractivity contribution in [3.63, 3.8) is 0 Å². The van der Waals surface area contributed by atoms with Gasteiger partial charge >= 0.3 is 0 Å². The fourth-order valence-corrected chi connectivity index (χ4v) is 3.73. The van der Waals surface area contributed by atoms with Gasteiger partial charge in [-0.05, 0) is 12.3 Å². The number of nitrogens with zero attached hydrogens (tertiary/aromatic N) is 1. The summed E-state index contributed by atoms with van der Waals surface area (Å²) in [6, 6.07) is 0. The molecule has 13 heteroatoms. The molecule has 2 amide bonds. The second-order valence-corrected chi connectivity index (χ2v) is 7.45. The molecule has 0 N–H and O–H groups in total. The van der Waals surface area contributed by atoms with Crippen LogP contribution in [0.15, 0.2) is 0 Å². The molecule has 1 saturated heterocycles. The van der Waals surface area contributed by atoms with E-state index < -0.39 is 105 Å². The fraction of sp³-hybridized carbons (Fsp3) is 0.300. The molecule has 0 bridgehead atoms. The van der Waals surface area contributed by atoms with E-state index in [4.69, 9.17) is 0 Å². The largest absolute Gasteiger partial charge is 0.274 e. The summed E-state index contributed by atoms with van der Waals surface area (Å²) in [6.07, 6.45) is -0.754. The van der Waals surface area contributed by atoms with Crippen molar-refractivity contribution in [1.29, 1.82) is 0 Å². The van der Waals surface area contributed by atoms with Crippen LogP contribution in [-0.4, -0.2) is 11.8 Å². The zero-order chi connectivity index (χ0) is 25.1. The van der Waals surface area contributed by atoms with Gasteiger partial charge in [0.15, 0.2) is 46.5 Å². The van der Waals surface area contributed by atoms with Crippen molar-refractivity contribution >= 4 is 17.5 Å². The quantitative estimate of drug-likeness (QED) is 0.251. The molecule has 2 aromatic carbocycles. The van der Waals surface area contributed by atoms with Gasteiger partial charge in [-0.25, -0.2) is 48.8 Å². The number of hydrogen-bond donors (Lipinski definition) is 0. The molecule has 1 aliphatic rings. The maximum absolute atomic E-state index is 14.1. The smallest absolute Gasteiger partial charge is 0.237 e. The van der Waals surface area contributed by atoms with Gasteiger partial charge in [-0.3, -0.25) is 9.59 Å². The van der Waals surface area contributed by atoms with Gasteiger partial charge in [-0.2, -0.15) is 0 Å². The number of benzene rings is 2. The molecule has 0 aliphatic carbocycles. The minimum Gasteiger partial charge on any atom is -0.274 e. The molecule has 3 rings (SSSR count). The minimum absolute atomic E-state index is 0.281. The Morgan fingerprint density at radius 3 is 1.42 bits per heavy atom. The van der Waals surface area contributed by atoms with Crippen molar-refractivity contribution in [3.8, 4) is 0 Å². The van der Waals surface area contributed by atoms with Crippen LogP contribution in [-0.2, 0) is 9.59 Å². The molecule has 1 aliphatic heterocycles. The molecule has 0 aromatic heterocycles. The van der Waals surface area contributed by atoms with E-state index in [1.807, 2.05) is 0 Å². The lowest BCUT2D eigenvalue weighted by Crippen LogP contribution is -2.33. The van der Waals surface area contributed by atoms with Gasteiger partial charge in [0.05, 0.1) is 5.92 Å².